The number of hydrogen-bond donors (Lipinski definition) is 0. The van der Waals surface area contributed by atoms with Gasteiger partial charge < -0.3 is 0 Å². The Hall–Kier alpha value is -9.10. The van der Waals surface area contributed by atoms with Gasteiger partial charge in [-0.2, -0.15) is 0 Å². The quantitative estimate of drug-likeness (QED) is 0.0898. The Morgan fingerprint density at radius 3 is 1.69 bits per heavy atom. The first-order valence-corrected chi connectivity index (χ1v) is 31.0. The van der Waals surface area contributed by atoms with Gasteiger partial charge in [0.1, 0.15) is 0 Å². The molecule has 0 radical (unpaired) electrons. The molecule has 0 nitrogen and oxygen atoms in total. The van der Waals surface area contributed by atoms with E-state index in [4.69, 9.17) is 0 Å². The first kappa shape index (κ1) is 52.0. The Morgan fingerprint density at radius 1 is 0.422 bits per heavy atom. The third-order valence-electron chi connectivity index (χ3n) is 17.3. The maximum atomic E-state index is 3.45. The lowest BCUT2D eigenvalue weighted by molar-refractivity contribution is 0.713. The molecule has 398 valence electrons. The smallest absolute Gasteiger partial charge is 0.0352 e. The summed E-state index contributed by atoms with van der Waals surface area (Å²) in [5.74, 6) is 7.40. The molecule has 3 unspecified atom stereocenters. The molecule has 2 heteroatoms. The van der Waals surface area contributed by atoms with Gasteiger partial charge >= 0.3 is 0 Å². The number of benzene rings is 10. The zero-order valence-electron chi connectivity index (χ0n) is 46.4. The first-order valence-electron chi connectivity index (χ1n) is 29.4. The molecule has 0 N–H and O–H groups in total. The van der Waals surface area contributed by atoms with Crippen molar-refractivity contribution >= 4 is 28.7 Å². The summed E-state index contributed by atoms with van der Waals surface area (Å²) in [7, 11) is 0. The van der Waals surface area contributed by atoms with Crippen molar-refractivity contribution in [3.8, 4) is 75.9 Å². The van der Waals surface area contributed by atoms with E-state index >= 15 is 0 Å². The van der Waals surface area contributed by atoms with Crippen molar-refractivity contribution in [3.63, 3.8) is 0 Å². The van der Waals surface area contributed by atoms with Crippen molar-refractivity contribution < 1.29 is 0 Å². The minimum atomic E-state index is 0.147. The van der Waals surface area contributed by atoms with E-state index < -0.39 is 0 Å². The Bertz CT molecular complexity index is 4300. The van der Waals surface area contributed by atoms with E-state index in [0.717, 1.165) is 38.5 Å². The molecule has 0 saturated heterocycles. The molecule has 3 atom stereocenters. The highest BCUT2D eigenvalue weighted by atomic mass is 32.1. The first-order chi connectivity index (χ1) is 41.1. The van der Waals surface area contributed by atoms with Gasteiger partial charge in [-0.25, -0.2) is 0 Å². The van der Waals surface area contributed by atoms with Crippen LogP contribution in [-0.4, -0.2) is 0 Å². The van der Waals surface area contributed by atoms with Crippen LogP contribution in [0.4, 0.5) is 0 Å². The highest BCUT2D eigenvalue weighted by molar-refractivity contribution is 7.19. The molecule has 0 amide bonds. The van der Waals surface area contributed by atoms with Crippen molar-refractivity contribution in [2.75, 3.05) is 0 Å². The van der Waals surface area contributed by atoms with Crippen LogP contribution in [0.15, 0.2) is 279 Å². The number of aryl methyl sites for hydroxylation is 2. The van der Waals surface area contributed by atoms with E-state index in [0.29, 0.717) is 5.92 Å². The minimum Gasteiger partial charge on any atom is -0.135 e. The van der Waals surface area contributed by atoms with Crippen LogP contribution in [0.3, 0.4) is 0 Å². The van der Waals surface area contributed by atoms with Gasteiger partial charge in [0.05, 0.1) is 0 Å². The average molecular weight is 1100 g/mol. The largest absolute Gasteiger partial charge is 0.135 e. The summed E-state index contributed by atoms with van der Waals surface area (Å²) in [4.78, 5) is 5.17. The second-order valence-electron chi connectivity index (χ2n) is 22.3. The van der Waals surface area contributed by atoms with Crippen LogP contribution < -0.4 is 0 Å². The van der Waals surface area contributed by atoms with E-state index in [9.17, 15) is 0 Å². The SMILES string of the molecule is C1#CCc2c(cccc2C(Cc2ccc(-c3ccc4c(c3)-c3cc(-c5ccc(-c6ccccc6)s5)ccc3C(c3cccc(-c5ccc(-c6ccccc6)s5)c3)CC4)cc2)c2ccc(C(CCc3ccccc3)c3ccccc3)cc2)C=C1. The molecule has 12 aromatic rings. The predicted molar refractivity (Wildman–Crippen MR) is 353 cm³/mol. The molecule has 2 aliphatic rings. The van der Waals surface area contributed by atoms with E-state index in [-0.39, 0.29) is 11.8 Å². The molecular formula is C81H62S2. The van der Waals surface area contributed by atoms with Crippen LogP contribution in [0.1, 0.15) is 91.8 Å². The third-order valence-corrected chi connectivity index (χ3v) is 19.7. The Balaban J connectivity index is 0.796. The van der Waals surface area contributed by atoms with Gasteiger partial charge in [-0.05, 0) is 192 Å². The van der Waals surface area contributed by atoms with Gasteiger partial charge in [-0.1, -0.05) is 242 Å². The summed E-state index contributed by atoms with van der Waals surface area (Å²) in [6.07, 6.45) is 9.92. The topological polar surface area (TPSA) is 0 Å². The number of thiophene rings is 2. The Morgan fingerprint density at radius 2 is 0.988 bits per heavy atom. The lowest BCUT2D eigenvalue weighted by Gasteiger charge is -2.24. The molecule has 14 rings (SSSR count). The van der Waals surface area contributed by atoms with E-state index in [1.54, 1.807) is 0 Å². The van der Waals surface area contributed by atoms with Crippen LogP contribution in [-0.2, 0) is 25.7 Å². The lowest BCUT2D eigenvalue weighted by atomic mass is 9.80. The maximum absolute atomic E-state index is 3.45. The molecule has 10 aromatic carbocycles. The van der Waals surface area contributed by atoms with Gasteiger partial charge in [0, 0.05) is 43.7 Å². The van der Waals surface area contributed by atoms with Gasteiger partial charge in [0.25, 0.3) is 0 Å². The molecule has 0 spiro atoms. The van der Waals surface area contributed by atoms with Crippen molar-refractivity contribution in [2.45, 2.75) is 56.3 Å². The van der Waals surface area contributed by atoms with Crippen LogP contribution in [0, 0.1) is 11.8 Å². The van der Waals surface area contributed by atoms with Gasteiger partial charge in [0.2, 0.25) is 0 Å². The van der Waals surface area contributed by atoms with Crippen LogP contribution in [0.2, 0.25) is 0 Å². The van der Waals surface area contributed by atoms with Gasteiger partial charge in [0.15, 0.2) is 0 Å². The number of rotatable bonds is 15. The normalized spacial score (nSPS) is 14.0. The standard InChI is InChI=1S/C81H62S2/c1-6-18-56(19-7-1)34-45-70(59-20-8-2-9-21-59)61-37-39-62(40-38-61)75(73-31-17-27-60-22-10-5-15-30-71(60)73)52-57-32-35-58(36-33-57)66-42-41-63-43-46-72(67-28-16-29-68(53-67)80-50-48-78(82-80)64-23-11-3-12-24-64)74-47-44-69(55-77(74)76(63)54-66)81-51-49-79(83-81)65-25-13-4-14-26-65/h1-4,6-14,16-29,31-33,35-42,44,47-51,53-55,70,72,75H,30,34,43,45-46,52H2. The van der Waals surface area contributed by atoms with Gasteiger partial charge in [-0.3, -0.25) is 0 Å². The highest BCUT2D eigenvalue weighted by Gasteiger charge is 2.27. The number of allylic oxidation sites excluding steroid dienone is 1. The zero-order valence-corrected chi connectivity index (χ0v) is 48.1. The number of fused-ring (bicyclic) bond motifs is 4. The molecule has 0 saturated carbocycles. The monoisotopic (exact) mass is 1100 g/mol. The summed E-state index contributed by atoms with van der Waals surface area (Å²) >= 11 is 3.75. The average Bonchev–Trinajstić information content (AvgIpc) is 4.40. The van der Waals surface area contributed by atoms with Crippen molar-refractivity contribution in [1.82, 2.24) is 0 Å². The minimum absolute atomic E-state index is 0.147. The molecular weight excluding hydrogens is 1040 g/mol. The van der Waals surface area contributed by atoms with Crippen LogP contribution in [0.25, 0.3) is 70.1 Å². The predicted octanol–water partition coefficient (Wildman–Crippen LogP) is 21.6. The fourth-order valence-corrected chi connectivity index (χ4v) is 14.9. The second-order valence-corrected chi connectivity index (χ2v) is 24.5. The van der Waals surface area contributed by atoms with Crippen molar-refractivity contribution in [3.05, 3.63) is 340 Å². The summed E-state index contributed by atoms with van der Waals surface area (Å²) in [6.45, 7) is 0. The fraction of sp³-hybridized carbons (Fsp3) is 0.111. The molecule has 83 heavy (non-hydrogen) atoms. The molecule has 0 bridgehead atoms. The van der Waals surface area contributed by atoms with Gasteiger partial charge in [-0.15, -0.1) is 22.7 Å². The summed E-state index contributed by atoms with van der Waals surface area (Å²) < 4.78 is 0. The highest BCUT2D eigenvalue weighted by Crippen LogP contribution is 2.47. The van der Waals surface area contributed by atoms with E-state index in [2.05, 4.69) is 291 Å². The molecule has 2 aromatic heterocycles. The fourth-order valence-electron chi connectivity index (χ4n) is 12.9. The Kier molecular flexibility index (Phi) is 14.9. The maximum Gasteiger partial charge on any atom is 0.0352 e. The zero-order chi connectivity index (χ0) is 55.3. The number of hydrogen-bond acceptors (Lipinski definition) is 2. The lowest BCUT2D eigenvalue weighted by Crippen LogP contribution is -2.10. The molecule has 0 aliphatic heterocycles. The Labute approximate surface area is 497 Å². The molecule has 2 heterocycles. The molecule has 2 aliphatic carbocycles. The third kappa shape index (κ3) is 11.2. The van der Waals surface area contributed by atoms with Crippen molar-refractivity contribution in [1.29, 1.82) is 0 Å². The van der Waals surface area contributed by atoms with E-state index in [1.807, 2.05) is 28.7 Å². The summed E-state index contributed by atoms with van der Waals surface area (Å²) in [6, 6.07) is 103. The van der Waals surface area contributed by atoms with Crippen LogP contribution in [0.5, 0.6) is 0 Å². The summed E-state index contributed by atoms with van der Waals surface area (Å²) in [5, 5.41) is 0. The summed E-state index contributed by atoms with van der Waals surface area (Å²) in [5.41, 5.74) is 25.1. The second kappa shape index (κ2) is 23.8. The van der Waals surface area contributed by atoms with E-state index in [1.165, 1.54) is 125 Å². The van der Waals surface area contributed by atoms with Crippen LogP contribution >= 0.6 is 22.7 Å². The molecule has 0 fully saturated rings. The van der Waals surface area contributed by atoms with Crippen molar-refractivity contribution in [2.24, 2.45) is 0 Å².